The summed E-state index contributed by atoms with van der Waals surface area (Å²) in [5, 5.41) is 1.25. The first-order valence-corrected chi connectivity index (χ1v) is 13.8. The fraction of sp³-hybridized carbons (Fsp3) is 0.556. The number of hydrazine groups is 1. The molecule has 0 amide bonds. The molecule has 2 saturated carbocycles. The van der Waals surface area contributed by atoms with Gasteiger partial charge in [0.1, 0.15) is 11.6 Å². The molecule has 5 atom stereocenters. The van der Waals surface area contributed by atoms with Crippen molar-refractivity contribution >= 4 is 32.4 Å². The average molecular weight is 499 g/mol. The van der Waals surface area contributed by atoms with Crippen LogP contribution in [0.4, 0.5) is 0 Å². The number of Topliss-reactive ketones (excluding diaryl/α,β-unsaturated/α-hetero) is 2. The van der Waals surface area contributed by atoms with Crippen LogP contribution in [0.3, 0.4) is 0 Å². The van der Waals surface area contributed by atoms with Crippen LogP contribution < -0.4 is 10.7 Å². The van der Waals surface area contributed by atoms with Crippen LogP contribution in [0.25, 0.3) is 10.8 Å². The van der Waals surface area contributed by atoms with Gasteiger partial charge in [-0.05, 0) is 40.7 Å². The summed E-state index contributed by atoms with van der Waals surface area (Å²) in [6.45, 7) is 8.37. The van der Waals surface area contributed by atoms with Crippen LogP contribution in [0.5, 0.6) is 0 Å². The van der Waals surface area contributed by atoms with Crippen molar-refractivity contribution < 1.29 is 22.7 Å². The van der Waals surface area contributed by atoms with E-state index in [1.165, 1.54) is 0 Å². The molecule has 1 heterocycles. The molecule has 0 radical (unpaired) electrons. The van der Waals surface area contributed by atoms with Crippen molar-refractivity contribution in [2.75, 3.05) is 0 Å². The van der Waals surface area contributed by atoms with Crippen molar-refractivity contribution in [2.45, 2.75) is 76.4 Å². The van der Waals surface area contributed by atoms with Gasteiger partial charge < -0.3 is 4.74 Å². The maximum absolute atomic E-state index is 13.6. The molecule has 0 bridgehead atoms. The molecule has 35 heavy (non-hydrogen) atoms. The van der Waals surface area contributed by atoms with E-state index in [4.69, 9.17) is 10.6 Å². The molecule has 3 N–H and O–H groups in total. The number of sulfonamides is 1. The zero-order valence-corrected chi connectivity index (χ0v) is 21.5. The van der Waals surface area contributed by atoms with Crippen LogP contribution in [0.2, 0.25) is 0 Å². The van der Waals surface area contributed by atoms with Gasteiger partial charge in [-0.1, -0.05) is 58.0 Å². The number of fused-ring (bicyclic) bond motifs is 3. The molecule has 0 aromatic heterocycles. The number of ether oxygens (including phenoxy) is 1. The number of carbonyl (C=O) groups excluding carboxylic acids is 2. The number of rotatable bonds is 3. The summed E-state index contributed by atoms with van der Waals surface area (Å²) in [5.41, 5.74) is 0.499. The zero-order valence-electron chi connectivity index (χ0n) is 20.7. The van der Waals surface area contributed by atoms with E-state index in [0.717, 1.165) is 23.8 Å². The van der Waals surface area contributed by atoms with Gasteiger partial charge in [-0.3, -0.25) is 15.4 Å². The molecule has 1 aliphatic heterocycles. The van der Waals surface area contributed by atoms with E-state index < -0.39 is 21.9 Å². The third-order valence-corrected chi connectivity index (χ3v) is 9.45. The van der Waals surface area contributed by atoms with Crippen molar-refractivity contribution in [3.05, 3.63) is 42.0 Å². The Balaban J connectivity index is 1.73. The summed E-state index contributed by atoms with van der Waals surface area (Å²) in [4.78, 5) is 29.3. The highest BCUT2D eigenvalue weighted by Crippen LogP contribution is 2.55. The quantitative estimate of drug-likeness (QED) is 0.491. The van der Waals surface area contributed by atoms with Crippen LogP contribution in [0.1, 0.15) is 64.9 Å². The zero-order chi connectivity index (χ0) is 25.3. The smallest absolute Gasteiger partial charge is 0.253 e. The summed E-state index contributed by atoms with van der Waals surface area (Å²) in [7, 11) is -3.90. The van der Waals surface area contributed by atoms with E-state index >= 15 is 0 Å². The summed E-state index contributed by atoms with van der Waals surface area (Å²) < 4.78 is 31.9. The SMILES string of the molecule is CC1(C)CC(=O)[C@H]2C(c3ccc(S(=O)(=O)NN)c4ccccc34)[C@@H]3C(=O)CC(C)(C)C[C@H]3O[C@H]2C1. The number of nitrogens with one attached hydrogen (secondary N) is 1. The van der Waals surface area contributed by atoms with Crippen LogP contribution in [0, 0.1) is 22.7 Å². The second kappa shape index (κ2) is 8.20. The summed E-state index contributed by atoms with van der Waals surface area (Å²) in [6.07, 6.45) is 1.83. The molecule has 3 aliphatic rings. The van der Waals surface area contributed by atoms with E-state index in [2.05, 4.69) is 27.7 Å². The Hall–Kier alpha value is -2.13. The van der Waals surface area contributed by atoms with Crippen LogP contribution in [-0.4, -0.2) is 32.2 Å². The van der Waals surface area contributed by atoms with Crippen molar-refractivity contribution in [1.82, 2.24) is 4.83 Å². The number of carbonyl (C=O) groups is 2. The summed E-state index contributed by atoms with van der Waals surface area (Å²) in [6, 6.07) is 10.6. The van der Waals surface area contributed by atoms with Crippen molar-refractivity contribution in [3.63, 3.8) is 0 Å². The standard InChI is InChI=1S/C27H34N2O5S/c1-26(2)11-18(30)24-20(13-26)34-21-14-27(3,4)12-19(31)25(21)23(24)17-9-10-22(35(32,33)29-28)16-8-6-5-7-15(16)17/h5-10,20-21,23-25,29H,11-14,28H2,1-4H3/t20-,21+,23?,24-,25-/m1/s1. The maximum Gasteiger partial charge on any atom is 0.253 e. The molecular formula is C27H34N2O5S. The number of ketones is 2. The molecule has 3 fully saturated rings. The van der Waals surface area contributed by atoms with Gasteiger partial charge in [0.2, 0.25) is 0 Å². The van der Waals surface area contributed by atoms with Gasteiger partial charge in [-0.2, -0.15) is 4.83 Å². The van der Waals surface area contributed by atoms with Crippen LogP contribution in [-0.2, 0) is 24.3 Å². The number of nitrogens with two attached hydrogens (primary N) is 1. The van der Waals surface area contributed by atoms with E-state index in [-0.39, 0.29) is 45.4 Å². The van der Waals surface area contributed by atoms with Gasteiger partial charge in [-0.25, -0.2) is 8.42 Å². The second-order valence-corrected chi connectivity index (χ2v) is 13.8. The largest absolute Gasteiger partial charge is 0.373 e. The van der Waals surface area contributed by atoms with Gasteiger partial charge >= 0.3 is 0 Å². The third-order valence-electron chi connectivity index (χ3n) is 8.20. The monoisotopic (exact) mass is 498 g/mol. The van der Waals surface area contributed by atoms with E-state index in [9.17, 15) is 18.0 Å². The molecule has 2 aliphatic carbocycles. The molecule has 0 spiro atoms. The highest BCUT2D eigenvalue weighted by atomic mass is 32.2. The second-order valence-electron chi connectivity index (χ2n) is 12.1. The maximum atomic E-state index is 13.6. The summed E-state index contributed by atoms with van der Waals surface area (Å²) in [5.74, 6) is 4.34. The minimum absolute atomic E-state index is 0.0757. The predicted octanol–water partition coefficient (Wildman–Crippen LogP) is 3.85. The molecule has 1 saturated heterocycles. The Bertz CT molecular complexity index is 1270. The normalized spacial score (nSPS) is 32.2. The van der Waals surface area contributed by atoms with Crippen molar-refractivity contribution in [3.8, 4) is 0 Å². The Kier molecular flexibility index (Phi) is 5.75. The third kappa shape index (κ3) is 4.14. The molecule has 8 heteroatoms. The van der Waals surface area contributed by atoms with E-state index in [1.807, 2.05) is 17.0 Å². The summed E-state index contributed by atoms with van der Waals surface area (Å²) >= 11 is 0. The van der Waals surface area contributed by atoms with Crippen LogP contribution >= 0.6 is 0 Å². The molecule has 5 rings (SSSR count). The number of hydrogen-bond donors (Lipinski definition) is 2. The lowest BCUT2D eigenvalue weighted by atomic mass is 9.56. The predicted molar refractivity (Wildman–Crippen MR) is 133 cm³/mol. The van der Waals surface area contributed by atoms with E-state index in [1.54, 1.807) is 24.3 Å². The Labute approximate surface area is 206 Å². The number of hydrogen-bond acceptors (Lipinski definition) is 6. The minimum Gasteiger partial charge on any atom is -0.373 e. The first-order chi connectivity index (χ1) is 16.3. The first-order valence-electron chi connectivity index (χ1n) is 12.3. The lowest BCUT2D eigenvalue weighted by Gasteiger charge is -2.54. The average Bonchev–Trinajstić information content (AvgIpc) is 2.75. The molecule has 2 aromatic carbocycles. The van der Waals surface area contributed by atoms with Gasteiger partial charge in [0, 0.05) is 24.1 Å². The van der Waals surface area contributed by atoms with Gasteiger partial charge in [-0.15, -0.1) is 0 Å². The fourth-order valence-corrected chi connectivity index (χ4v) is 7.77. The van der Waals surface area contributed by atoms with Crippen LogP contribution in [0.15, 0.2) is 41.3 Å². The topological polar surface area (TPSA) is 116 Å². The lowest BCUT2D eigenvalue weighted by molar-refractivity contribution is -0.186. The highest BCUT2D eigenvalue weighted by Gasteiger charge is 2.57. The fourth-order valence-electron chi connectivity index (χ4n) is 6.93. The van der Waals surface area contributed by atoms with Gasteiger partial charge in [0.15, 0.2) is 0 Å². The molecule has 188 valence electrons. The van der Waals surface area contributed by atoms with E-state index in [0.29, 0.717) is 18.2 Å². The number of benzene rings is 2. The van der Waals surface area contributed by atoms with Crippen molar-refractivity contribution in [1.29, 1.82) is 0 Å². The van der Waals surface area contributed by atoms with Gasteiger partial charge in [0.05, 0.1) is 28.9 Å². The Morgan fingerprint density at radius 2 is 1.34 bits per heavy atom. The highest BCUT2D eigenvalue weighted by molar-refractivity contribution is 7.89. The Morgan fingerprint density at radius 3 is 1.86 bits per heavy atom. The van der Waals surface area contributed by atoms with Gasteiger partial charge in [0.25, 0.3) is 10.0 Å². The Morgan fingerprint density at radius 1 is 0.829 bits per heavy atom. The molecule has 1 unspecified atom stereocenters. The van der Waals surface area contributed by atoms with Crippen molar-refractivity contribution in [2.24, 2.45) is 28.5 Å². The molecule has 7 nitrogen and oxygen atoms in total. The lowest BCUT2D eigenvalue weighted by Crippen LogP contribution is -2.58. The first kappa shape index (κ1) is 24.6. The molecule has 2 aromatic rings. The minimum atomic E-state index is -3.90. The molecular weight excluding hydrogens is 464 g/mol.